The van der Waals surface area contributed by atoms with Gasteiger partial charge in [0.05, 0.1) is 83.3 Å². The minimum absolute atomic E-state index is 0.527. The zero-order valence-electron chi connectivity index (χ0n) is 54.9. The fourth-order valence-electron chi connectivity index (χ4n) is 17.1. The van der Waals surface area contributed by atoms with Crippen molar-refractivity contribution >= 4 is 131 Å². The Hall–Kier alpha value is -13.9. The van der Waals surface area contributed by atoms with Crippen LogP contribution >= 0.6 is 0 Å². The summed E-state index contributed by atoms with van der Waals surface area (Å²) >= 11 is 0. The van der Waals surface area contributed by atoms with Crippen molar-refractivity contribution in [1.29, 1.82) is 0 Å². The molecule has 22 aromatic rings. The number of fused-ring (bicyclic) bond motifs is 21. The van der Waals surface area contributed by atoms with Crippen molar-refractivity contribution in [3.8, 4) is 68.3 Å². The molecule has 102 heavy (non-hydrogen) atoms. The van der Waals surface area contributed by atoms with E-state index >= 15 is 0 Å². The van der Waals surface area contributed by atoms with Gasteiger partial charge in [0.2, 0.25) is 0 Å². The maximum Gasteiger partial charge on any atom is 0.166 e. The van der Waals surface area contributed by atoms with Crippen LogP contribution in [0.1, 0.15) is 0 Å². The molecule has 0 saturated carbocycles. The lowest BCUT2D eigenvalue weighted by molar-refractivity contribution is 1.05. The van der Waals surface area contributed by atoms with Crippen molar-refractivity contribution in [3.63, 3.8) is 0 Å². The van der Waals surface area contributed by atoms with Gasteiger partial charge in [0.1, 0.15) is 0 Å². The van der Waals surface area contributed by atoms with Crippen molar-refractivity contribution in [2.75, 3.05) is 0 Å². The molecule has 474 valence electrons. The molecule has 0 aliphatic heterocycles. The molecule has 9 nitrogen and oxygen atoms in total. The fourth-order valence-corrected chi connectivity index (χ4v) is 17.1. The predicted octanol–water partition coefficient (Wildman–Crippen LogP) is 23.5. The lowest BCUT2D eigenvalue weighted by Crippen LogP contribution is -2.07. The summed E-state index contributed by atoms with van der Waals surface area (Å²) in [5.74, 6) is 1.58. The maximum absolute atomic E-state index is 5.92. The zero-order chi connectivity index (χ0) is 66.7. The number of para-hydroxylation sites is 12. The van der Waals surface area contributed by atoms with Gasteiger partial charge in [-0.1, -0.05) is 237 Å². The van der Waals surface area contributed by atoms with Gasteiger partial charge >= 0.3 is 0 Å². The van der Waals surface area contributed by atoms with Gasteiger partial charge in [-0.2, -0.15) is 0 Å². The molecule has 9 heteroatoms. The van der Waals surface area contributed by atoms with Crippen LogP contribution in [0.5, 0.6) is 0 Å². The highest BCUT2D eigenvalue weighted by Crippen LogP contribution is 2.48. The van der Waals surface area contributed by atoms with Crippen LogP contribution in [0.15, 0.2) is 346 Å². The smallest absolute Gasteiger partial charge is 0.166 e. The highest BCUT2D eigenvalue weighted by Gasteiger charge is 2.29. The molecule has 7 aromatic heterocycles. The molecule has 0 fully saturated rings. The SMILES string of the molecule is c1ccc(-n2c3ccccc3c3ccc4c5ccccc5n(-c5ccccc5-c5nc(-c6ccccc6-n6c7ccccc7c7ccc8c9ccccc9n(-c9ccccc9)c8c76)nc(-c6ccccc6-n6c7ccccc7c7ccc8c9ccccc9n(-c9ccccc9)c8c76)n5)c4c32)cc1. The summed E-state index contributed by atoms with van der Waals surface area (Å²) in [6.07, 6.45) is 0. The van der Waals surface area contributed by atoms with Gasteiger partial charge in [-0.15, -0.1) is 0 Å². The van der Waals surface area contributed by atoms with Crippen LogP contribution in [0.2, 0.25) is 0 Å². The summed E-state index contributed by atoms with van der Waals surface area (Å²) < 4.78 is 14.7. The molecule has 0 N–H and O–H groups in total. The molecule has 0 amide bonds. The number of nitrogens with zero attached hydrogens (tertiary/aromatic N) is 9. The van der Waals surface area contributed by atoms with E-state index in [0.29, 0.717) is 17.5 Å². The molecule has 0 spiro atoms. The van der Waals surface area contributed by atoms with E-state index < -0.39 is 0 Å². The largest absolute Gasteiger partial charge is 0.307 e. The third-order valence-corrected chi connectivity index (χ3v) is 21.2. The van der Waals surface area contributed by atoms with Crippen LogP contribution in [0.4, 0.5) is 0 Å². The maximum atomic E-state index is 5.92. The van der Waals surface area contributed by atoms with E-state index in [9.17, 15) is 0 Å². The van der Waals surface area contributed by atoms with Crippen LogP contribution in [-0.2, 0) is 0 Å². The van der Waals surface area contributed by atoms with Crippen LogP contribution in [0.25, 0.3) is 199 Å². The van der Waals surface area contributed by atoms with Crippen molar-refractivity contribution in [2.24, 2.45) is 0 Å². The highest BCUT2D eigenvalue weighted by molar-refractivity contribution is 6.27. The van der Waals surface area contributed by atoms with Crippen LogP contribution < -0.4 is 0 Å². The number of rotatable bonds is 9. The van der Waals surface area contributed by atoms with Crippen molar-refractivity contribution in [1.82, 2.24) is 42.4 Å². The standard InChI is InChI=1S/C93H57N9/c1-4-28-58(29-5-1)97-76-43-19-10-34-61(76)67-52-55-70-64-37-13-22-46-79(64)100(88(70)85(67)97)82-49-25-16-40-73(82)91-94-92(74-41-17-26-50-83(74)101-80-47-23-14-38-65(80)71-56-53-68-62-35-11-20-44-77(62)98(86(68)89(71)101)59-30-6-2-7-31-59)96-93(95-91)75-42-18-27-51-84(75)102-81-48-24-15-39-66(81)72-57-54-69-63-36-12-21-45-78(63)99(87(69)90(72)102)60-32-8-3-9-33-60/h1-57H. The Labute approximate surface area is 583 Å². The Morgan fingerprint density at radius 2 is 0.333 bits per heavy atom. The molecule has 0 aliphatic carbocycles. The molecule has 0 radical (unpaired) electrons. The minimum atomic E-state index is 0.527. The molecule has 0 unspecified atom stereocenters. The first-order valence-corrected chi connectivity index (χ1v) is 34.8. The van der Waals surface area contributed by atoms with Crippen molar-refractivity contribution in [3.05, 3.63) is 346 Å². The Balaban J connectivity index is 0.862. The normalized spacial score (nSPS) is 12.1. The van der Waals surface area contributed by atoms with Crippen molar-refractivity contribution in [2.45, 2.75) is 0 Å². The van der Waals surface area contributed by atoms with Gasteiger partial charge in [-0.3, -0.25) is 0 Å². The first-order chi connectivity index (χ1) is 50.7. The summed E-state index contributed by atoms with van der Waals surface area (Å²) in [6.45, 7) is 0. The lowest BCUT2D eigenvalue weighted by atomic mass is 10.1. The average Bonchev–Trinajstić information content (AvgIpc) is 1.56. The second-order valence-corrected chi connectivity index (χ2v) is 26.6. The summed E-state index contributed by atoms with van der Waals surface area (Å²) in [5.41, 5.74) is 21.8. The van der Waals surface area contributed by atoms with E-state index in [2.05, 4.69) is 373 Å². The summed E-state index contributed by atoms with van der Waals surface area (Å²) in [4.78, 5) is 17.8. The lowest BCUT2D eigenvalue weighted by Gasteiger charge is -2.18. The van der Waals surface area contributed by atoms with E-state index in [1.807, 2.05) is 0 Å². The molecular formula is C93H57N9. The first kappa shape index (κ1) is 56.2. The molecule has 0 bridgehead atoms. The molecule has 0 saturated heterocycles. The Bertz CT molecular complexity index is 6550. The monoisotopic (exact) mass is 1300 g/mol. The summed E-state index contributed by atoms with van der Waals surface area (Å²) in [7, 11) is 0. The van der Waals surface area contributed by atoms with Gasteiger partial charge in [0.15, 0.2) is 17.5 Å². The minimum Gasteiger partial charge on any atom is -0.307 e. The third-order valence-electron chi connectivity index (χ3n) is 21.2. The quantitative estimate of drug-likeness (QED) is 0.145. The van der Waals surface area contributed by atoms with Gasteiger partial charge in [0, 0.05) is 98.4 Å². The number of hydrogen-bond acceptors (Lipinski definition) is 3. The van der Waals surface area contributed by atoms with Crippen molar-refractivity contribution < 1.29 is 0 Å². The molecule has 0 aliphatic rings. The Morgan fingerprint density at radius 1 is 0.147 bits per heavy atom. The number of hydrogen-bond donors (Lipinski definition) is 0. The van der Waals surface area contributed by atoms with E-state index in [4.69, 9.17) is 15.0 Å². The summed E-state index contributed by atoms with van der Waals surface area (Å²) in [5, 5.41) is 13.9. The van der Waals surface area contributed by atoms with Gasteiger partial charge in [0.25, 0.3) is 0 Å². The Morgan fingerprint density at radius 3 is 0.578 bits per heavy atom. The zero-order valence-corrected chi connectivity index (χ0v) is 54.9. The van der Waals surface area contributed by atoms with Gasteiger partial charge < -0.3 is 27.4 Å². The van der Waals surface area contributed by atoms with Crippen LogP contribution in [0.3, 0.4) is 0 Å². The second-order valence-electron chi connectivity index (χ2n) is 26.6. The highest BCUT2D eigenvalue weighted by atomic mass is 15.1. The fraction of sp³-hybridized carbons (Fsp3) is 0. The first-order valence-electron chi connectivity index (χ1n) is 34.8. The van der Waals surface area contributed by atoms with Gasteiger partial charge in [-0.25, -0.2) is 15.0 Å². The second kappa shape index (κ2) is 21.8. The molecular weight excluding hydrogens is 1240 g/mol. The van der Waals surface area contributed by atoms with E-state index in [1.54, 1.807) is 0 Å². The molecule has 22 rings (SSSR count). The van der Waals surface area contributed by atoms with Gasteiger partial charge in [-0.05, 0) is 109 Å². The molecule has 15 aromatic carbocycles. The van der Waals surface area contributed by atoms with Crippen LogP contribution in [-0.4, -0.2) is 42.4 Å². The average molecular weight is 1300 g/mol. The van der Waals surface area contributed by atoms with Crippen LogP contribution in [0, 0.1) is 0 Å². The van der Waals surface area contributed by atoms with E-state index in [1.165, 1.54) is 32.3 Å². The van der Waals surface area contributed by atoms with E-state index in [-0.39, 0.29) is 0 Å². The summed E-state index contributed by atoms with van der Waals surface area (Å²) in [6, 6.07) is 125. The number of aromatic nitrogens is 9. The van der Waals surface area contributed by atoms with E-state index in [0.717, 1.165) is 149 Å². The number of benzene rings is 15. The topological polar surface area (TPSA) is 68.2 Å². The molecule has 0 atom stereocenters. The third kappa shape index (κ3) is 7.95. The molecule has 7 heterocycles. The Kier molecular flexibility index (Phi) is 12.0. The predicted molar refractivity (Wildman–Crippen MR) is 422 cm³/mol.